The molecule has 1 aromatic carbocycles. The first-order chi connectivity index (χ1) is 12.2. The van der Waals surface area contributed by atoms with Crippen LogP contribution in [0.15, 0.2) is 41.8 Å². The molecule has 5 nitrogen and oxygen atoms in total. The van der Waals surface area contributed by atoms with Crippen LogP contribution in [0.2, 0.25) is 0 Å². The van der Waals surface area contributed by atoms with Gasteiger partial charge < -0.3 is 4.74 Å². The van der Waals surface area contributed by atoms with Crippen molar-refractivity contribution >= 4 is 23.6 Å². The highest BCUT2D eigenvalue weighted by Gasteiger charge is 2.22. The highest BCUT2D eigenvalue weighted by molar-refractivity contribution is 7.71. The number of hydrogen-bond donors (Lipinski definition) is 1. The number of halogens is 1. The van der Waals surface area contributed by atoms with Crippen molar-refractivity contribution in [2.45, 2.75) is 12.8 Å². The van der Waals surface area contributed by atoms with Crippen LogP contribution in [0.4, 0.5) is 4.39 Å². The van der Waals surface area contributed by atoms with Gasteiger partial charge in [0.05, 0.1) is 24.3 Å². The quantitative estimate of drug-likeness (QED) is 0.703. The third-order valence-electron chi connectivity index (χ3n) is 4.17. The predicted molar refractivity (Wildman–Crippen MR) is 97.4 cm³/mol. The molecule has 0 bridgehead atoms. The maximum absolute atomic E-state index is 13.1. The standard InChI is InChI=1S/C17H17FN4OS2/c18-13-5-3-12(4-6-13)14-10-21(7-8-23-14)11-22-17(24)19-16(20-22)15-2-1-9-25-15/h1-6,9,14H,7-8,10-11H2,(H,19,20,24). The molecule has 0 amide bonds. The minimum Gasteiger partial charge on any atom is -0.371 e. The summed E-state index contributed by atoms with van der Waals surface area (Å²) in [7, 11) is 0. The first-order valence-electron chi connectivity index (χ1n) is 7.99. The van der Waals surface area contributed by atoms with E-state index in [4.69, 9.17) is 17.0 Å². The minimum absolute atomic E-state index is 0.0665. The van der Waals surface area contributed by atoms with Gasteiger partial charge in [0.15, 0.2) is 5.82 Å². The average Bonchev–Trinajstić information content (AvgIpc) is 3.26. The summed E-state index contributed by atoms with van der Waals surface area (Å²) in [5, 5.41) is 5.29. The second kappa shape index (κ2) is 7.17. The molecule has 0 aliphatic carbocycles. The Labute approximate surface area is 153 Å². The van der Waals surface area contributed by atoms with Crippen molar-refractivity contribution in [1.29, 1.82) is 0 Å². The Morgan fingerprint density at radius 3 is 2.92 bits per heavy atom. The van der Waals surface area contributed by atoms with Crippen LogP contribution in [-0.4, -0.2) is 39.4 Å². The van der Waals surface area contributed by atoms with Crippen LogP contribution >= 0.6 is 23.6 Å². The van der Waals surface area contributed by atoms with E-state index in [-0.39, 0.29) is 11.9 Å². The fourth-order valence-electron chi connectivity index (χ4n) is 2.89. The van der Waals surface area contributed by atoms with Crippen molar-refractivity contribution in [3.63, 3.8) is 0 Å². The molecule has 1 fully saturated rings. The van der Waals surface area contributed by atoms with E-state index in [9.17, 15) is 4.39 Å². The van der Waals surface area contributed by atoms with E-state index in [1.165, 1.54) is 12.1 Å². The maximum Gasteiger partial charge on any atom is 0.217 e. The van der Waals surface area contributed by atoms with Gasteiger partial charge in [-0.25, -0.2) is 9.07 Å². The molecule has 1 atom stereocenters. The Balaban J connectivity index is 1.47. The molecule has 4 rings (SSSR count). The normalized spacial score (nSPS) is 18.5. The molecular formula is C17H17FN4OS2. The van der Waals surface area contributed by atoms with E-state index in [1.54, 1.807) is 23.5 Å². The van der Waals surface area contributed by atoms with E-state index in [2.05, 4.69) is 15.0 Å². The van der Waals surface area contributed by atoms with Gasteiger partial charge in [0.25, 0.3) is 0 Å². The molecule has 0 radical (unpaired) electrons. The Kier molecular flexibility index (Phi) is 4.76. The van der Waals surface area contributed by atoms with Gasteiger partial charge in [0.2, 0.25) is 4.77 Å². The second-order valence-corrected chi connectivity index (χ2v) is 7.20. The molecule has 1 aliphatic rings. The number of thiophene rings is 1. The van der Waals surface area contributed by atoms with E-state index >= 15 is 0 Å². The molecule has 8 heteroatoms. The lowest BCUT2D eigenvalue weighted by Gasteiger charge is -2.33. The summed E-state index contributed by atoms with van der Waals surface area (Å²) in [5.74, 6) is 0.560. The summed E-state index contributed by atoms with van der Waals surface area (Å²) in [6.45, 7) is 2.78. The Morgan fingerprint density at radius 1 is 1.32 bits per heavy atom. The van der Waals surface area contributed by atoms with E-state index in [0.717, 1.165) is 29.4 Å². The summed E-state index contributed by atoms with van der Waals surface area (Å²) in [6, 6.07) is 10.5. The maximum atomic E-state index is 13.1. The van der Waals surface area contributed by atoms with Gasteiger partial charge in [0, 0.05) is 13.1 Å². The van der Waals surface area contributed by atoms with Crippen LogP contribution in [0.1, 0.15) is 11.7 Å². The van der Waals surface area contributed by atoms with Gasteiger partial charge in [-0.05, 0) is 41.4 Å². The monoisotopic (exact) mass is 376 g/mol. The number of aromatic amines is 1. The lowest BCUT2D eigenvalue weighted by atomic mass is 10.1. The molecule has 0 spiro atoms. The summed E-state index contributed by atoms with van der Waals surface area (Å²) < 4.78 is 21.4. The zero-order valence-electron chi connectivity index (χ0n) is 13.4. The van der Waals surface area contributed by atoms with Crippen LogP contribution in [0.25, 0.3) is 10.7 Å². The first-order valence-corrected chi connectivity index (χ1v) is 9.28. The van der Waals surface area contributed by atoms with E-state index in [1.807, 2.05) is 22.2 Å². The summed E-state index contributed by atoms with van der Waals surface area (Å²) >= 11 is 7.00. The van der Waals surface area contributed by atoms with Crippen LogP contribution in [0.5, 0.6) is 0 Å². The van der Waals surface area contributed by atoms with Crippen molar-refractivity contribution in [3.8, 4) is 10.7 Å². The summed E-state index contributed by atoms with van der Waals surface area (Å²) in [5.41, 5.74) is 0.985. The largest absolute Gasteiger partial charge is 0.371 e. The van der Waals surface area contributed by atoms with Gasteiger partial charge in [-0.3, -0.25) is 10.00 Å². The van der Waals surface area contributed by atoms with Crippen LogP contribution in [-0.2, 0) is 11.4 Å². The fraction of sp³-hybridized carbons (Fsp3) is 0.294. The lowest BCUT2D eigenvalue weighted by Crippen LogP contribution is -2.39. The van der Waals surface area contributed by atoms with Crippen molar-refractivity contribution < 1.29 is 9.13 Å². The number of ether oxygens (including phenoxy) is 1. The molecular weight excluding hydrogens is 359 g/mol. The molecule has 0 saturated carbocycles. The van der Waals surface area contributed by atoms with Crippen molar-refractivity contribution in [3.05, 3.63) is 57.9 Å². The zero-order chi connectivity index (χ0) is 17.2. The molecule has 1 aliphatic heterocycles. The van der Waals surface area contributed by atoms with Crippen molar-refractivity contribution in [2.75, 3.05) is 19.7 Å². The third kappa shape index (κ3) is 3.72. The van der Waals surface area contributed by atoms with Gasteiger partial charge in [-0.15, -0.1) is 11.3 Å². The Morgan fingerprint density at radius 2 is 2.16 bits per heavy atom. The van der Waals surface area contributed by atoms with Gasteiger partial charge in [-0.2, -0.15) is 4.98 Å². The molecule has 3 aromatic rings. The third-order valence-corrected chi connectivity index (χ3v) is 5.36. The van der Waals surface area contributed by atoms with Gasteiger partial charge >= 0.3 is 0 Å². The SMILES string of the molecule is Fc1ccc(C2CN(Cn3[nH]c(-c4cccs4)nc3=S)CCO2)cc1. The molecule has 3 heterocycles. The number of rotatable bonds is 4. The summed E-state index contributed by atoms with van der Waals surface area (Å²) in [6.07, 6.45) is -0.0665. The first kappa shape index (κ1) is 16.6. The Bertz CT molecular complexity index is 888. The van der Waals surface area contributed by atoms with Crippen molar-refractivity contribution in [2.24, 2.45) is 0 Å². The highest BCUT2D eigenvalue weighted by atomic mass is 32.1. The fourth-order valence-corrected chi connectivity index (χ4v) is 3.74. The number of hydrogen-bond acceptors (Lipinski definition) is 5. The number of H-pyrrole nitrogens is 1. The number of nitrogens with zero attached hydrogens (tertiary/aromatic N) is 3. The topological polar surface area (TPSA) is 46.1 Å². The van der Waals surface area contributed by atoms with Crippen LogP contribution < -0.4 is 0 Å². The summed E-state index contributed by atoms with van der Waals surface area (Å²) in [4.78, 5) is 7.76. The number of benzene rings is 1. The lowest BCUT2D eigenvalue weighted by molar-refractivity contribution is -0.0418. The molecule has 1 N–H and O–H groups in total. The predicted octanol–water partition coefficient (Wildman–Crippen LogP) is 3.84. The second-order valence-electron chi connectivity index (χ2n) is 5.89. The van der Waals surface area contributed by atoms with Crippen LogP contribution in [0, 0.1) is 10.6 Å². The molecule has 2 aromatic heterocycles. The van der Waals surface area contributed by atoms with Gasteiger partial charge in [-0.1, -0.05) is 18.2 Å². The van der Waals surface area contributed by atoms with Gasteiger partial charge in [0.1, 0.15) is 5.82 Å². The van der Waals surface area contributed by atoms with Crippen molar-refractivity contribution in [1.82, 2.24) is 19.7 Å². The Hall–Kier alpha value is -1.87. The smallest absolute Gasteiger partial charge is 0.217 e. The number of aromatic nitrogens is 3. The molecule has 1 saturated heterocycles. The van der Waals surface area contributed by atoms with E-state index < -0.39 is 0 Å². The minimum atomic E-state index is -0.235. The average molecular weight is 376 g/mol. The number of morpholine rings is 1. The number of nitrogens with one attached hydrogen (secondary N) is 1. The molecule has 1 unspecified atom stereocenters. The van der Waals surface area contributed by atoms with E-state index in [0.29, 0.717) is 18.0 Å². The zero-order valence-corrected chi connectivity index (χ0v) is 15.0. The van der Waals surface area contributed by atoms with Crippen LogP contribution in [0.3, 0.4) is 0 Å². The molecule has 130 valence electrons. The molecule has 25 heavy (non-hydrogen) atoms. The highest BCUT2D eigenvalue weighted by Crippen LogP contribution is 2.24.